The molecular weight excluding hydrogens is 188 g/mol. The summed E-state index contributed by atoms with van der Waals surface area (Å²) in [7, 11) is 2.14. The zero-order valence-electron chi connectivity index (χ0n) is 11.0. The van der Waals surface area contributed by atoms with Crippen molar-refractivity contribution in [3.05, 3.63) is 0 Å². The summed E-state index contributed by atoms with van der Waals surface area (Å²) in [5, 5.41) is 12.8. The summed E-state index contributed by atoms with van der Waals surface area (Å²) < 4.78 is 0. The van der Waals surface area contributed by atoms with Gasteiger partial charge in [-0.2, -0.15) is 0 Å². The van der Waals surface area contributed by atoms with E-state index in [1.807, 2.05) is 0 Å². The molecule has 92 valence electrons. The lowest BCUT2D eigenvalue weighted by molar-refractivity contribution is 0.143. The number of aliphatic hydroxyl groups excluding tert-OH is 1. The van der Waals surface area contributed by atoms with Crippen molar-refractivity contribution in [1.29, 1.82) is 0 Å². The largest absolute Gasteiger partial charge is 0.394 e. The molecule has 0 radical (unpaired) electrons. The summed E-state index contributed by atoms with van der Waals surface area (Å²) >= 11 is 0. The maximum Gasteiger partial charge on any atom is 0.0611 e. The first kappa shape index (κ1) is 14.9. The van der Waals surface area contributed by atoms with Gasteiger partial charge in [-0.05, 0) is 39.9 Å². The van der Waals surface area contributed by atoms with E-state index in [1.54, 1.807) is 0 Å². The molecule has 15 heavy (non-hydrogen) atoms. The molecule has 0 fully saturated rings. The summed E-state index contributed by atoms with van der Waals surface area (Å²) in [6.07, 6.45) is 2.17. The molecule has 0 rings (SSSR count). The zero-order valence-corrected chi connectivity index (χ0v) is 11.0. The van der Waals surface area contributed by atoms with Gasteiger partial charge in [0, 0.05) is 11.6 Å². The molecule has 0 aromatic heterocycles. The minimum Gasteiger partial charge on any atom is -0.394 e. The zero-order chi connectivity index (χ0) is 11.9. The Kier molecular flexibility index (Phi) is 7.14. The van der Waals surface area contributed by atoms with Crippen LogP contribution in [0.25, 0.3) is 0 Å². The summed E-state index contributed by atoms with van der Waals surface area (Å²) in [5.74, 6) is 0. The van der Waals surface area contributed by atoms with E-state index in [0.717, 1.165) is 19.5 Å². The first-order valence-corrected chi connectivity index (χ1v) is 6.00. The Labute approximate surface area is 94.9 Å². The van der Waals surface area contributed by atoms with E-state index in [4.69, 9.17) is 0 Å². The number of aliphatic hydroxyl groups is 1. The second kappa shape index (κ2) is 7.20. The summed E-state index contributed by atoms with van der Waals surface area (Å²) in [6, 6.07) is 0.415. The average Bonchev–Trinajstić information content (AvgIpc) is 2.14. The molecule has 0 aliphatic rings. The predicted molar refractivity (Wildman–Crippen MR) is 66.2 cm³/mol. The topological polar surface area (TPSA) is 35.5 Å². The third-order valence-electron chi connectivity index (χ3n) is 2.64. The van der Waals surface area contributed by atoms with Crippen molar-refractivity contribution in [3.8, 4) is 0 Å². The fourth-order valence-electron chi connectivity index (χ4n) is 1.82. The van der Waals surface area contributed by atoms with Gasteiger partial charge in [-0.15, -0.1) is 0 Å². The molecule has 0 saturated heterocycles. The summed E-state index contributed by atoms with van der Waals surface area (Å²) in [6.45, 7) is 10.9. The number of rotatable bonds is 8. The van der Waals surface area contributed by atoms with Gasteiger partial charge in [0.25, 0.3) is 0 Å². The normalized spacial score (nSPS) is 16.0. The minimum absolute atomic E-state index is 0.143. The van der Waals surface area contributed by atoms with Crippen molar-refractivity contribution in [2.75, 3.05) is 26.7 Å². The van der Waals surface area contributed by atoms with Crippen LogP contribution < -0.4 is 5.32 Å². The molecule has 3 nitrogen and oxygen atoms in total. The predicted octanol–water partition coefficient (Wildman–Crippen LogP) is 1.47. The van der Waals surface area contributed by atoms with Gasteiger partial charge < -0.3 is 15.3 Å². The van der Waals surface area contributed by atoms with E-state index in [9.17, 15) is 5.11 Å². The van der Waals surface area contributed by atoms with Crippen LogP contribution in [0.5, 0.6) is 0 Å². The van der Waals surface area contributed by atoms with Gasteiger partial charge in [0.05, 0.1) is 6.61 Å². The van der Waals surface area contributed by atoms with Gasteiger partial charge in [-0.3, -0.25) is 0 Å². The van der Waals surface area contributed by atoms with Crippen LogP contribution in [-0.2, 0) is 0 Å². The highest BCUT2D eigenvalue weighted by Crippen LogP contribution is 2.10. The van der Waals surface area contributed by atoms with Crippen LogP contribution in [0.3, 0.4) is 0 Å². The highest BCUT2D eigenvalue weighted by atomic mass is 16.3. The maximum atomic E-state index is 9.40. The molecule has 2 N–H and O–H groups in total. The van der Waals surface area contributed by atoms with Gasteiger partial charge in [0.1, 0.15) is 0 Å². The van der Waals surface area contributed by atoms with Gasteiger partial charge >= 0.3 is 0 Å². The molecule has 0 aromatic rings. The molecule has 0 aromatic carbocycles. The Morgan fingerprint density at radius 3 is 2.33 bits per heavy atom. The molecular formula is C12H28N2O. The standard InChI is InChI=1S/C12H28N2O/c1-6-8-14(5)9-7-12(4,10-15)13-11(2)3/h11,13,15H,6-10H2,1-5H3. The molecule has 0 bridgehead atoms. The maximum absolute atomic E-state index is 9.40. The second-order valence-corrected chi connectivity index (χ2v) is 5.07. The monoisotopic (exact) mass is 216 g/mol. The van der Waals surface area contributed by atoms with Crippen molar-refractivity contribution in [3.63, 3.8) is 0 Å². The van der Waals surface area contributed by atoms with Gasteiger partial charge in [-0.1, -0.05) is 20.8 Å². The highest BCUT2D eigenvalue weighted by molar-refractivity contribution is 4.84. The van der Waals surface area contributed by atoms with Crippen LogP contribution in [0, 0.1) is 0 Å². The molecule has 0 heterocycles. The van der Waals surface area contributed by atoms with Crippen molar-refractivity contribution in [1.82, 2.24) is 10.2 Å². The van der Waals surface area contributed by atoms with Gasteiger partial charge in [0.2, 0.25) is 0 Å². The van der Waals surface area contributed by atoms with Crippen molar-refractivity contribution in [2.24, 2.45) is 0 Å². The Morgan fingerprint density at radius 1 is 1.33 bits per heavy atom. The number of nitrogens with zero attached hydrogens (tertiary/aromatic N) is 1. The lowest BCUT2D eigenvalue weighted by Crippen LogP contribution is -2.50. The molecule has 3 heteroatoms. The fourth-order valence-corrected chi connectivity index (χ4v) is 1.82. The van der Waals surface area contributed by atoms with Crippen LogP contribution in [0.1, 0.15) is 40.5 Å². The van der Waals surface area contributed by atoms with E-state index in [-0.39, 0.29) is 12.1 Å². The Balaban J connectivity index is 3.97. The SMILES string of the molecule is CCCN(C)CCC(C)(CO)NC(C)C. The molecule has 0 amide bonds. The Bertz CT molecular complexity index is 162. The number of hydrogen-bond donors (Lipinski definition) is 2. The summed E-state index contributed by atoms with van der Waals surface area (Å²) in [5.41, 5.74) is -0.143. The van der Waals surface area contributed by atoms with Gasteiger partial charge in [0.15, 0.2) is 0 Å². The van der Waals surface area contributed by atoms with Crippen LogP contribution in [0.4, 0.5) is 0 Å². The molecule has 1 unspecified atom stereocenters. The molecule has 0 saturated carbocycles. The lowest BCUT2D eigenvalue weighted by Gasteiger charge is -2.32. The smallest absolute Gasteiger partial charge is 0.0611 e. The van der Waals surface area contributed by atoms with Crippen LogP contribution >= 0.6 is 0 Å². The Morgan fingerprint density at radius 2 is 1.93 bits per heavy atom. The van der Waals surface area contributed by atoms with E-state index in [2.05, 4.69) is 45.0 Å². The minimum atomic E-state index is -0.143. The first-order valence-electron chi connectivity index (χ1n) is 6.00. The highest BCUT2D eigenvalue weighted by Gasteiger charge is 2.23. The van der Waals surface area contributed by atoms with E-state index in [1.165, 1.54) is 6.42 Å². The third kappa shape index (κ3) is 6.88. The van der Waals surface area contributed by atoms with Crippen molar-refractivity contribution in [2.45, 2.75) is 52.1 Å². The number of hydrogen-bond acceptors (Lipinski definition) is 3. The summed E-state index contributed by atoms with van der Waals surface area (Å²) in [4.78, 5) is 2.32. The number of nitrogens with one attached hydrogen (secondary N) is 1. The molecule has 0 aliphatic carbocycles. The van der Waals surface area contributed by atoms with Crippen LogP contribution in [-0.4, -0.2) is 48.3 Å². The van der Waals surface area contributed by atoms with Crippen LogP contribution in [0.15, 0.2) is 0 Å². The van der Waals surface area contributed by atoms with E-state index < -0.39 is 0 Å². The average molecular weight is 216 g/mol. The Hall–Kier alpha value is -0.120. The lowest BCUT2D eigenvalue weighted by atomic mass is 9.97. The molecule has 0 aliphatic heterocycles. The van der Waals surface area contributed by atoms with Crippen molar-refractivity contribution >= 4 is 0 Å². The van der Waals surface area contributed by atoms with Gasteiger partial charge in [-0.25, -0.2) is 0 Å². The van der Waals surface area contributed by atoms with E-state index >= 15 is 0 Å². The fraction of sp³-hybridized carbons (Fsp3) is 1.00. The van der Waals surface area contributed by atoms with E-state index in [0.29, 0.717) is 6.04 Å². The third-order valence-corrected chi connectivity index (χ3v) is 2.64. The molecule has 0 spiro atoms. The molecule has 1 atom stereocenters. The quantitative estimate of drug-likeness (QED) is 0.645. The first-order chi connectivity index (χ1) is 6.93. The van der Waals surface area contributed by atoms with Crippen molar-refractivity contribution < 1.29 is 5.11 Å². The second-order valence-electron chi connectivity index (χ2n) is 5.07. The van der Waals surface area contributed by atoms with Crippen LogP contribution in [0.2, 0.25) is 0 Å².